The molecule has 2 aromatic rings. The second-order valence-corrected chi connectivity index (χ2v) is 4.59. The van der Waals surface area contributed by atoms with Gasteiger partial charge in [0.15, 0.2) is 5.88 Å². The molecule has 0 radical (unpaired) electrons. The molecule has 0 bridgehead atoms. The third kappa shape index (κ3) is 1.23. The topological polar surface area (TPSA) is 63.5 Å². The lowest BCUT2D eigenvalue weighted by atomic mass is 9.98. The van der Waals surface area contributed by atoms with Gasteiger partial charge >= 0.3 is 0 Å². The van der Waals surface area contributed by atoms with Gasteiger partial charge in [-0.3, -0.25) is 4.40 Å². The van der Waals surface area contributed by atoms with Gasteiger partial charge in [0.1, 0.15) is 5.82 Å². The third-order valence-electron chi connectivity index (χ3n) is 3.47. The third-order valence-corrected chi connectivity index (χ3v) is 3.47. The van der Waals surface area contributed by atoms with Crippen molar-refractivity contribution in [3.63, 3.8) is 0 Å². The van der Waals surface area contributed by atoms with Crippen molar-refractivity contribution < 1.29 is 5.11 Å². The van der Waals surface area contributed by atoms with Gasteiger partial charge in [-0.2, -0.15) is 0 Å². The molecule has 0 amide bonds. The van der Waals surface area contributed by atoms with Crippen molar-refractivity contribution >= 4 is 5.52 Å². The normalized spacial score (nSPS) is 19.3. The van der Waals surface area contributed by atoms with Crippen molar-refractivity contribution in [1.29, 1.82) is 0 Å². The standard InChI is InChI=1S/C12H15N3O/c13-12(6-1-2-7-12)11-14-8-9-4-3-5-10(16)15(9)11/h3-5,8,16H,1-2,6-7,13H2. The Kier molecular flexibility index (Phi) is 1.94. The lowest BCUT2D eigenvalue weighted by Gasteiger charge is -2.22. The molecule has 0 aromatic carbocycles. The molecule has 4 heteroatoms. The van der Waals surface area contributed by atoms with Crippen LogP contribution in [-0.4, -0.2) is 14.5 Å². The van der Waals surface area contributed by atoms with Crippen LogP contribution in [0.1, 0.15) is 31.5 Å². The van der Waals surface area contributed by atoms with Crippen LogP contribution in [-0.2, 0) is 5.54 Å². The van der Waals surface area contributed by atoms with E-state index in [1.54, 1.807) is 16.7 Å². The van der Waals surface area contributed by atoms with Crippen LogP contribution in [0, 0.1) is 0 Å². The molecule has 16 heavy (non-hydrogen) atoms. The molecule has 1 aliphatic carbocycles. The summed E-state index contributed by atoms with van der Waals surface area (Å²) in [5, 5.41) is 9.88. The number of aromatic nitrogens is 2. The van der Waals surface area contributed by atoms with Crippen molar-refractivity contribution in [2.45, 2.75) is 31.2 Å². The Morgan fingerprint density at radius 1 is 1.31 bits per heavy atom. The van der Waals surface area contributed by atoms with E-state index >= 15 is 0 Å². The molecule has 3 N–H and O–H groups in total. The molecule has 84 valence electrons. The highest BCUT2D eigenvalue weighted by Gasteiger charge is 2.35. The minimum Gasteiger partial charge on any atom is -0.494 e. The van der Waals surface area contributed by atoms with E-state index in [0.29, 0.717) is 0 Å². The maximum Gasteiger partial charge on any atom is 0.197 e. The molecular formula is C12H15N3O. The SMILES string of the molecule is NC1(c2ncc3cccc(O)n23)CCCC1. The van der Waals surface area contributed by atoms with Crippen molar-refractivity contribution in [1.82, 2.24) is 9.38 Å². The van der Waals surface area contributed by atoms with Crippen LogP contribution < -0.4 is 5.73 Å². The van der Waals surface area contributed by atoms with E-state index in [2.05, 4.69) is 4.98 Å². The van der Waals surface area contributed by atoms with Gasteiger partial charge in [0.2, 0.25) is 0 Å². The highest BCUT2D eigenvalue weighted by atomic mass is 16.3. The summed E-state index contributed by atoms with van der Waals surface area (Å²) in [6.07, 6.45) is 5.93. The van der Waals surface area contributed by atoms with Crippen LogP contribution in [0.4, 0.5) is 0 Å². The Bertz CT molecular complexity index is 526. The number of imidazole rings is 1. The predicted octanol–water partition coefficient (Wildman–Crippen LogP) is 1.77. The van der Waals surface area contributed by atoms with Gasteiger partial charge in [-0.1, -0.05) is 18.9 Å². The Morgan fingerprint density at radius 3 is 2.81 bits per heavy atom. The van der Waals surface area contributed by atoms with Crippen LogP contribution in [0.3, 0.4) is 0 Å². The molecule has 2 heterocycles. The van der Waals surface area contributed by atoms with Crippen molar-refractivity contribution in [3.8, 4) is 5.88 Å². The Morgan fingerprint density at radius 2 is 2.06 bits per heavy atom. The molecule has 3 rings (SSSR count). The van der Waals surface area contributed by atoms with Gasteiger partial charge in [-0.05, 0) is 25.0 Å². The maximum absolute atomic E-state index is 9.88. The minimum absolute atomic E-state index is 0.210. The number of aromatic hydroxyl groups is 1. The molecule has 1 fully saturated rings. The summed E-state index contributed by atoms with van der Waals surface area (Å²) in [7, 11) is 0. The van der Waals surface area contributed by atoms with Gasteiger partial charge in [-0.25, -0.2) is 4.98 Å². The zero-order chi connectivity index (χ0) is 11.2. The Labute approximate surface area is 93.7 Å². The Balaban J connectivity index is 2.24. The number of pyridine rings is 1. The number of hydrogen-bond donors (Lipinski definition) is 2. The summed E-state index contributed by atoms with van der Waals surface area (Å²) in [6, 6.07) is 5.40. The number of rotatable bonds is 1. The van der Waals surface area contributed by atoms with Crippen molar-refractivity contribution in [3.05, 3.63) is 30.2 Å². The molecule has 0 aliphatic heterocycles. The largest absolute Gasteiger partial charge is 0.494 e. The lowest BCUT2D eigenvalue weighted by Crippen LogP contribution is -2.35. The molecule has 0 spiro atoms. The van der Waals surface area contributed by atoms with E-state index in [4.69, 9.17) is 5.73 Å². The predicted molar refractivity (Wildman–Crippen MR) is 61.2 cm³/mol. The molecule has 0 unspecified atom stereocenters. The van der Waals surface area contributed by atoms with E-state index < -0.39 is 0 Å². The second-order valence-electron chi connectivity index (χ2n) is 4.59. The van der Waals surface area contributed by atoms with Gasteiger partial charge in [-0.15, -0.1) is 0 Å². The molecule has 4 nitrogen and oxygen atoms in total. The van der Waals surface area contributed by atoms with E-state index in [1.807, 2.05) is 12.1 Å². The summed E-state index contributed by atoms with van der Waals surface area (Å²) in [5.74, 6) is 1.000. The van der Waals surface area contributed by atoms with Gasteiger partial charge in [0.05, 0.1) is 17.3 Å². The van der Waals surface area contributed by atoms with Crippen LogP contribution in [0.5, 0.6) is 5.88 Å². The minimum atomic E-state index is -0.370. The van der Waals surface area contributed by atoms with Crippen LogP contribution in [0.25, 0.3) is 5.52 Å². The highest BCUT2D eigenvalue weighted by molar-refractivity contribution is 5.49. The fourth-order valence-electron chi connectivity index (χ4n) is 2.61. The fourth-order valence-corrected chi connectivity index (χ4v) is 2.61. The van der Waals surface area contributed by atoms with Gasteiger partial charge < -0.3 is 10.8 Å². The monoisotopic (exact) mass is 217 g/mol. The Hall–Kier alpha value is -1.55. The molecular weight excluding hydrogens is 202 g/mol. The smallest absolute Gasteiger partial charge is 0.197 e. The summed E-state index contributed by atoms with van der Waals surface area (Å²) < 4.78 is 1.76. The zero-order valence-corrected chi connectivity index (χ0v) is 9.06. The first kappa shape index (κ1) is 9.66. The van der Waals surface area contributed by atoms with E-state index in [0.717, 1.165) is 37.0 Å². The molecule has 0 saturated heterocycles. The number of hydrogen-bond acceptors (Lipinski definition) is 3. The first-order chi connectivity index (χ1) is 7.71. The molecule has 1 saturated carbocycles. The van der Waals surface area contributed by atoms with Crippen molar-refractivity contribution in [2.75, 3.05) is 0 Å². The maximum atomic E-state index is 9.88. The van der Waals surface area contributed by atoms with E-state index in [-0.39, 0.29) is 11.4 Å². The van der Waals surface area contributed by atoms with Crippen LogP contribution in [0.15, 0.2) is 24.4 Å². The zero-order valence-electron chi connectivity index (χ0n) is 9.06. The fraction of sp³-hybridized carbons (Fsp3) is 0.417. The van der Waals surface area contributed by atoms with Crippen molar-refractivity contribution in [2.24, 2.45) is 5.73 Å². The quantitative estimate of drug-likeness (QED) is 0.765. The van der Waals surface area contributed by atoms with Crippen LogP contribution in [0.2, 0.25) is 0 Å². The average Bonchev–Trinajstić information content (AvgIpc) is 2.85. The van der Waals surface area contributed by atoms with Crippen LogP contribution >= 0.6 is 0 Å². The number of nitrogens with zero attached hydrogens (tertiary/aromatic N) is 2. The lowest BCUT2D eigenvalue weighted by molar-refractivity contribution is 0.399. The molecule has 1 aliphatic rings. The molecule has 0 atom stereocenters. The summed E-state index contributed by atoms with van der Waals surface area (Å²) in [5.41, 5.74) is 6.89. The van der Waals surface area contributed by atoms with Gasteiger partial charge in [0, 0.05) is 0 Å². The summed E-state index contributed by atoms with van der Waals surface area (Å²) in [6.45, 7) is 0. The second kappa shape index (κ2) is 3.22. The highest BCUT2D eigenvalue weighted by Crippen LogP contribution is 2.36. The first-order valence-corrected chi connectivity index (χ1v) is 5.65. The average molecular weight is 217 g/mol. The summed E-state index contributed by atoms with van der Waals surface area (Å²) in [4.78, 5) is 4.39. The number of nitrogens with two attached hydrogens (primary N) is 1. The molecule has 2 aromatic heterocycles. The first-order valence-electron chi connectivity index (χ1n) is 5.65. The van der Waals surface area contributed by atoms with E-state index in [9.17, 15) is 5.11 Å². The van der Waals surface area contributed by atoms with E-state index in [1.165, 1.54) is 0 Å². The summed E-state index contributed by atoms with van der Waals surface area (Å²) >= 11 is 0. The van der Waals surface area contributed by atoms with Gasteiger partial charge in [0.25, 0.3) is 0 Å². The number of fused-ring (bicyclic) bond motifs is 1.